The van der Waals surface area contributed by atoms with E-state index in [1.54, 1.807) is 0 Å². The zero-order valence-electron chi connectivity index (χ0n) is 9.24. The van der Waals surface area contributed by atoms with Crippen molar-refractivity contribution >= 4 is 0 Å². The first-order valence-corrected chi connectivity index (χ1v) is 5.74. The van der Waals surface area contributed by atoms with Gasteiger partial charge >= 0.3 is 0 Å². The summed E-state index contributed by atoms with van der Waals surface area (Å²) in [5, 5.41) is 8.76. The summed E-state index contributed by atoms with van der Waals surface area (Å²) in [6.45, 7) is 7.72. The summed E-state index contributed by atoms with van der Waals surface area (Å²) in [6.07, 6.45) is 3.43. The number of rotatable bonds is 6. The maximum Gasteiger partial charge on any atom is 0.0594 e. The van der Waals surface area contributed by atoms with Gasteiger partial charge in [-0.05, 0) is 31.7 Å². The number of nitrogens with zero attached hydrogens (tertiary/aromatic N) is 1. The van der Waals surface area contributed by atoms with Crippen molar-refractivity contribution in [2.75, 3.05) is 39.5 Å². The van der Waals surface area contributed by atoms with Crippen LogP contribution >= 0.6 is 0 Å². The third-order valence-corrected chi connectivity index (χ3v) is 2.90. The Labute approximate surface area is 87.1 Å². The van der Waals surface area contributed by atoms with Gasteiger partial charge in [-0.2, -0.15) is 0 Å². The van der Waals surface area contributed by atoms with Gasteiger partial charge in [0.15, 0.2) is 0 Å². The Morgan fingerprint density at radius 1 is 1.29 bits per heavy atom. The highest BCUT2D eigenvalue weighted by atomic mass is 16.5. The normalized spacial score (nSPS) is 21.0. The Hall–Kier alpha value is -0.120. The molecule has 0 aliphatic carbocycles. The third kappa shape index (κ3) is 4.94. The first-order valence-electron chi connectivity index (χ1n) is 5.74. The highest BCUT2D eigenvalue weighted by Crippen LogP contribution is 2.10. The van der Waals surface area contributed by atoms with E-state index >= 15 is 0 Å². The Kier molecular flexibility index (Phi) is 6.15. The predicted octanol–water partition coefficient (Wildman–Crippen LogP) is 1.12. The molecule has 3 heteroatoms. The second kappa shape index (κ2) is 7.21. The molecule has 3 nitrogen and oxygen atoms in total. The Balaban J connectivity index is 1.96. The minimum atomic E-state index is 0.332. The molecule has 0 spiro atoms. The van der Waals surface area contributed by atoms with Crippen LogP contribution in [-0.4, -0.2) is 49.5 Å². The zero-order chi connectivity index (χ0) is 10.2. The molecule has 0 unspecified atom stereocenters. The van der Waals surface area contributed by atoms with Crippen molar-refractivity contribution < 1.29 is 9.84 Å². The lowest BCUT2D eigenvalue weighted by atomic mass is 10.0. The first-order chi connectivity index (χ1) is 6.83. The molecule has 0 radical (unpaired) electrons. The third-order valence-electron chi connectivity index (χ3n) is 2.90. The van der Waals surface area contributed by atoms with E-state index in [0.29, 0.717) is 12.5 Å². The molecule has 0 saturated carbocycles. The van der Waals surface area contributed by atoms with Crippen LogP contribution in [0.3, 0.4) is 0 Å². The number of aliphatic hydroxyl groups is 1. The molecule has 0 amide bonds. The topological polar surface area (TPSA) is 32.7 Å². The molecule has 1 fully saturated rings. The summed E-state index contributed by atoms with van der Waals surface area (Å²) in [6, 6.07) is 0. The van der Waals surface area contributed by atoms with Crippen molar-refractivity contribution in [3.63, 3.8) is 0 Å². The Morgan fingerprint density at radius 3 is 2.64 bits per heavy atom. The summed E-state index contributed by atoms with van der Waals surface area (Å²) in [4.78, 5) is 2.47. The largest absolute Gasteiger partial charge is 0.396 e. The van der Waals surface area contributed by atoms with Crippen LogP contribution in [0.4, 0.5) is 0 Å². The second-order valence-electron chi connectivity index (χ2n) is 4.21. The van der Waals surface area contributed by atoms with Crippen LogP contribution < -0.4 is 0 Å². The van der Waals surface area contributed by atoms with E-state index in [4.69, 9.17) is 9.84 Å². The van der Waals surface area contributed by atoms with Crippen molar-refractivity contribution in [2.24, 2.45) is 5.92 Å². The lowest BCUT2D eigenvalue weighted by molar-refractivity contribution is 0.0366. The molecular weight excluding hydrogens is 178 g/mol. The lowest BCUT2D eigenvalue weighted by Gasteiger charge is -2.26. The average Bonchev–Trinajstić information content (AvgIpc) is 2.20. The van der Waals surface area contributed by atoms with Crippen molar-refractivity contribution in [1.82, 2.24) is 4.90 Å². The molecule has 1 atom stereocenters. The number of ether oxygens (including phenoxy) is 1. The predicted molar refractivity (Wildman–Crippen MR) is 57.4 cm³/mol. The smallest absolute Gasteiger partial charge is 0.0594 e. The monoisotopic (exact) mass is 201 g/mol. The van der Waals surface area contributed by atoms with Gasteiger partial charge in [-0.1, -0.05) is 6.92 Å². The SMILES string of the molecule is C[C@H](CCO)CCCN1CCOCC1. The Morgan fingerprint density at radius 2 is 2.00 bits per heavy atom. The standard InChI is InChI=1S/C11H23NO2/c1-11(4-8-13)3-2-5-12-6-9-14-10-7-12/h11,13H,2-10H2,1H3/t11-/m0/s1. The van der Waals surface area contributed by atoms with Gasteiger partial charge in [0, 0.05) is 19.7 Å². The first kappa shape index (κ1) is 12.0. The molecule has 0 aromatic heterocycles. The summed E-state index contributed by atoms with van der Waals surface area (Å²) >= 11 is 0. The fraction of sp³-hybridized carbons (Fsp3) is 1.00. The molecule has 1 aliphatic heterocycles. The fourth-order valence-corrected chi connectivity index (χ4v) is 1.85. The zero-order valence-corrected chi connectivity index (χ0v) is 9.24. The van der Waals surface area contributed by atoms with E-state index in [2.05, 4.69) is 11.8 Å². The fourth-order valence-electron chi connectivity index (χ4n) is 1.85. The molecule has 84 valence electrons. The molecule has 1 saturated heterocycles. The van der Waals surface area contributed by atoms with Gasteiger partial charge in [-0.25, -0.2) is 0 Å². The highest BCUT2D eigenvalue weighted by molar-refractivity contribution is 4.62. The maximum absolute atomic E-state index is 8.76. The number of hydrogen-bond donors (Lipinski definition) is 1. The minimum Gasteiger partial charge on any atom is -0.396 e. The molecule has 1 heterocycles. The van der Waals surface area contributed by atoms with Gasteiger partial charge in [-0.3, -0.25) is 4.90 Å². The van der Waals surface area contributed by atoms with Gasteiger partial charge in [0.25, 0.3) is 0 Å². The van der Waals surface area contributed by atoms with E-state index in [1.807, 2.05) is 0 Å². The van der Waals surface area contributed by atoms with E-state index in [0.717, 1.165) is 32.7 Å². The molecule has 1 N–H and O–H groups in total. The molecule has 14 heavy (non-hydrogen) atoms. The number of hydrogen-bond acceptors (Lipinski definition) is 3. The van der Waals surface area contributed by atoms with Crippen LogP contribution in [0.5, 0.6) is 0 Å². The second-order valence-corrected chi connectivity index (χ2v) is 4.21. The lowest BCUT2D eigenvalue weighted by Crippen LogP contribution is -2.36. The van der Waals surface area contributed by atoms with Gasteiger partial charge in [0.05, 0.1) is 13.2 Å². The molecule has 1 aliphatic rings. The summed E-state index contributed by atoms with van der Waals surface area (Å²) in [5.74, 6) is 0.668. The van der Waals surface area contributed by atoms with E-state index in [-0.39, 0.29) is 0 Å². The minimum absolute atomic E-state index is 0.332. The van der Waals surface area contributed by atoms with Gasteiger partial charge in [0.2, 0.25) is 0 Å². The molecule has 1 rings (SSSR count). The van der Waals surface area contributed by atoms with Crippen molar-refractivity contribution in [2.45, 2.75) is 26.2 Å². The quantitative estimate of drug-likeness (QED) is 0.699. The van der Waals surface area contributed by atoms with E-state index in [9.17, 15) is 0 Å². The van der Waals surface area contributed by atoms with Crippen LogP contribution in [0.1, 0.15) is 26.2 Å². The van der Waals surface area contributed by atoms with Crippen LogP contribution in [-0.2, 0) is 4.74 Å². The van der Waals surface area contributed by atoms with Crippen LogP contribution in [0, 0.1) is 5.92 Å². The highest BCUT2D eigenvalue weighted by Gasteiger charge is 2.10. The molecule has 0 aromatic rings. The van der Waals surface area contributed by atoms with Gasteiger partial charge in [-0.15, -0.1) is 0 Å². The maximum atomic E-state index is 8.76. The average molecular weight is 201 g/mol. The van der Waals surface area contributed by atoms with Crippen LogP contribution in [0.2, 0.25) is 0 Å². The Bertz CT molecular complexity index is 135. The van der Waals surface area contributed by atoms with Gasteiger partial charge in [0.1, 0.15) is 0 Å². The molecule has 0 bridgehead atoms. The summed E-state index contributed by atoms with van der Waals surface area (Å²) in [7, 11) is 0. The summed E-state index contributed by atoms with van der Waals surface area (Å²) in [5.41, 5.74) is 0. The molecule has 0 aromatic carbocycles. The number of morpholine rings is 1. The van der Waals surface area contributed by atoms with Gasteiger partial charge < -0.3 is 9.84 Å². The van der Waals surface area contributed by atoms with E-state index in [1.165, 1.54) is 19.4 Å². The summed E-state index contributed by atoms with van der Waals surface area (Å²) < 4.78 is 5.29. The molecular formula is C11H23NO2. The number of aliphatic hydroxyl groups excluding tert-OH is 1. The van der Waals surface area contributed by atoms with Crippen LogP contribution in [0.15, 0.2) is 0 Å². The van der Waals surface area contributed by atoms with Crippen molar-refractivity contribution in [1.29, 1.82) is 0 Å². The van der Waals surface area contributed by atoms with Crippen LogP contribution in [0.25, 0.3) is 0 Å². The van der Waals surface area contributed by atoms with Crippen molar-refractivity contribution in [3.8, 4) is 0 Å². The van der Waals surface area contributed by atoms with E-state index < -0.39 is 0 Å². The van der Waals surface area contributed by atoms with Crippen molar-refractivity contribution in [3.05, 3.63) is 0 Å².